The number of fused-ring (bicyclic) bond motifs is 1. The van der Waals surface area contributed by atoms with Crippen LogP contribution in [0.1, 0.15) is 35.9 Å². The molecule has 25 heavy (non-hydrogen) atoms. The van der Waals surface area contributed by atoms with Crippen LogP contribution >= 0.6 is 0 Å². The summed E-state index contributed by atoms with van der Waals surface area (Å²) in [5.41, 5.74) is 4.06. The summed E-state index contributed by atoms with van der Waals surface area (Å²) >= 11 is 0. The van der Waals surface area contributed by atoms with E-state index in [1.165, 1.54) is 0 Å². The Morgan fingerprint density at radius 1 is 1.36 bits per heavy atom. The Hall–Kier alpha value is -1.86. The predicted octanol–water partition coefficient (Wildman–Crippen LogP) is 2.27. The number of hydrogen-bond acceptors (Lipinski definition) is 4. The third-order valence-corrected chi connectivity index (χ3v) is 6.30. The van der Waals surface area contributed by atoms with E-state index in [0.29, 0.717) is 17.9 Å². The lowest BCUT2D eigenvalue weighted by molar-refractivity contribution is 0.288. The van der Waals surface area contributed by atoms with Crippen molar-refractivity contribution in [3.05, 3.63) is 40.7 Å². The van der Waals surface area contributed by atoms with E-state index >= 15 is 0 Å². The van der Waals surface area contributed by atoms with Crippen LogP contribution in [0.5, 0.6) is 5.75 Å². The van der Waals surface area contributed by atoms with Crippen LogP contribution in [0.3, 0.4) is 0 Å². The van der Waals surface area contributed by atoms with Crippen molar-refractivity contribution in [2.45, 2.75) is 51.0 Å². The molecule has 1 aromatic heterocycles. The van der Waals surface area contributed by atoms with E-state index in [1.54, 1.807) is 18.2 Å². The van der Waals surface area contributed by atoms with Crippen molar-refractivity contribution in [1.29, 1.82) is 0 Å². The zero-order chi connectivity index (χ0) is 18.2. The largest absolute Gasteiger partial charge is 0.493 e. The summed E-state index contributed by atoms with van der Waals surface area (Å²) in [7, 11) is -1.67. The molecule has 7 heteroatoms. The molecule has 6 nitrogen and oxygen atoms in total. The molecule has 0 amide bonds. The maximum Gasteiger partial charge on any atom is 0.240 e. The Labute approximate surface area is 149 Å². The van der Waals surface area contributed by atoms with Crippen LogP contribution in [-0.2, 0) is 29.9 Å². The summed E-state index contributed by atoms with van der Waals surface area (Å²) in [5, 5.41) is 4.39. The van der Waals surface area contributed by atoms with E-state index in [2.05, 4.69) is 9.82 Å². The highest BCUT2D eigenvalue weighted by atomic mass is 32.2. The zero-order valence-electron chi connectivity index (χ0n) is 15.2. The van der Waals surface area contributed by atoms with Gasteiger partial charge in [0.1, 0.15) is 5.75 Å². The Bertz CT molecular complexity index is 887. The number of hydrogen-bond donors (Lipinski definition) is 1. The molecule has 1 N–H and O–H groups in total. The molecular formula is C18H25N3O3S. The lowest BCUT2D eigenvalue weighted by Gasteiger charge is -2.19. The van der Waals surface area contributed by atoms with E-state index < -0.39 is 10.0 Å². The average molecular weight is 363 g/mol. The fraction of sp³-hybridized carbons (Fsp3) is 0.500. The van der Waals surface area contributed by atoms with Crippen LogP contribution in [0, 0.1) is 13.8 Å². The lowest BCUT2D eigenvalue weighted by atomic mass is 10.1. The first-order chi connectivity index (χ1) is 11.8. The number of nitrogens with zero attached hydrogens (tertiary/aromatic N) is 2. The van der Waals surface area contributed by atoms with Crippen molar-refractivity contribution < 1.29 is 13.2 Å². The van der Waals surface area contributed by atoms with Gasteiger partial charge in [-0.2, -0.15) is 5.10 Å². The monoisotopic (exact) mass is 363 g/mol. The molecule has 1 atom stereocenters. The molecule has 3 rings (SSSR count). The predicted molar refractivity (Wildman–Crippen MR) is 96.4 cm³/mol. The van der Waals surface area contributed by atoms with Crippen molar-refractivity contribution >= 4 is 10.0 Å². The van der Waals surface area contributed by atoms with Gasteiger partial charge in [-0.25, -0.2) is 13.1 Å². The normalized spacial score (nSPS) is 15.5. The summed E-state index contributed by atoms with van der Waals surface area (Å²) < 4.78 is 35.6. The summed E-state index contributed by atoms with van der Waals surface area (Å²) in [6, 6.07) is 4.87. The average Bonchev–Trinajstić information content (AvgIpc) is 2.80. The number of ether oxygens (including phenoxy) is 1. The summed E-state index contributed by atoms with van der Waals surface area (Å²) in [6.07, 6.45) is 2.38. The van der Waals surface area contributed by atoms with E-state index in [0.717, 1.165) is 41.1 Å². The standard InChI is InChI=1S/C18H25N3O3S/c1-12(10-17-13(2)19-21(4)14(17)3)20-25(22,23)16-7-8-18-15(11-16)6-5-9-24-18/h7-8,11-12,20H,5-6,9-10H2,1-4H3. The highest BCUT2D eigenvalue weighted by molar-refractivity contribution is 7.89. The van der Waals surface area contributed by atoms with Gasteiger partial charge in [-0.3, -0.25) is 4.68 Å². The van der Waals surface area contributed by atoms with Crippen molar-refractivity contribution in [3.8, 4) is 5.75 Å². The molecule has 1 aromatic carbocycles. The number of rotatable bonds is 5. The van der Waals surface area contributed by atoms with Crippen molar-refractivity contribution in [3.63, 3.8) is 0 Å². The van der Waals surface area contributed by atoms with Crippen LogP contribution in [0.25, 0.3) is 0 Å². The molecular weight excluding hydrogens is 338 g/mol. The number of benzene rings is 1. The summed E-state index contributed by atoms with van der Waals surface area (Å²) in [4.78, 5) is 0.295. The van der Waals surface area contributed by atoms with Gasteiger partial charge in [-0.1, -0.05) is 0 Å². The Balaban J connectivity index is 1.76. The highest BCUT2D eigenvalue weighted by Crippen LogP contribution is 2.27. The van der Waals surface area contributed by atoms with Crippen molar-refractivity contribution in [1.82, 2.24) is 14.5 Å². The Morgan fingerprint density at radius 2 is 2.12 bits per heavy atom. The minimum Gasteiger partial charge on any atom is -0.493 e. The first kappa shape index (κ1) is 17.9. The smallest absolute Gasteiger partial charge is 0.240 e. The first-order valence-corrected chi connectivity index (χ1v) is 10.0. The second-order valence-corrected chi connectivity index (χ2v) is 8.43. The fourth-order valence-electron chi connectivity index (χ4n) is 3.30. The van der Waals surface area contributed by atoms with Crippen LogP contribution in [0.2, 0.25) is 0 Å². The van der Waals surface area contributed by atoms with Crippen LogP contribution in [0.15, 0.2) is 23.1 Å². The van der Waals surface area contributed by atoms with Gasteiger partial charge in [0.15, 0.2) is 0 Å². The first-order valence-electron chi connectivity index (χ1n) is 8.55. The van der Waals surface area contributed by atoms with E-state index in [9.17, 15) is 8.42 Å². The molecule has 0 saturated carbocycles. The SMILES string of the molecule is Cc1nn(C)c(C)c1CC(C)NS(=O)(=O)c1ccc2c(c1)CCCO2. The molecule has 0 fully saturated rings. The molecule has 0 saturated heterocycles. The third-order valence-electron chi connectivity index (χ3n) is 4.72. The Morgan fingerprint density at radius 3 is 2.80 bits per heavy atom. The fourth-order valence-corrected chi connectivity index (χ4v) is 4.59. The van der Waals surface area contributed by atoms with Gasteiger partial charge in [-0.15, -0.1) is 0 Å². The Kier molecular flexibility index (Phi) is 4.88. The molecule has 136 valence electrons. The maximum absolute atomic E-state index is 12.7. The molecule has 2 heterocycles. The number of sulfonamides is 1. The van der Waals surface area contributed by atoms with E-state index in [1.807, 2.05) is 32.5 Å². The van der Waals surface area contributed by atoms with Gasteiger partial charge < -0.3 is 4.74 Å². The number of aryl methyl sites for hydroxylation is 3. The van der Waals surface area contributed by atoms with Gasteiger partial charge in [0.05, 0.1) is 17.2 Å². The minimum absolute atomic E-state index is 0.223. The quantitative estimate of drug-likeness (QED) is 0.884. The molecule has 0 spiro atoms. The van der Waals surface area contributed by atoms with Gasteiger partial charge in [-0.05, 0) is 69.4 Å². The molecule has 1 unspecified atom stereocenters. The van der Waals surface area contributed by atoms with Gasteiger partial charge in [0, 0.05) is 18.8 Å². The van der Waals surface area contributed by atoms with Crippen LogP contribution < -0.4 is 9.46 Å². The molecule has 1 aliphatic heterocycles. The zero-order valence-corrected chi connectivity index (χ0v) is 16.0. The highest BCUT2D eigenvalue weighted by Gasteiger charge is 2.22. The van der Waals surface area contributed by atoms with Crippen LogP contribution in [0.4, 0.5) is 0 Å². The molecule has 0 bridgehead atoms. The molecule has 2 aromatic rings. The van der Waals surface area contributed by atoms with Crippen LogP contribution in [-0.4, -0.2) is 30.8 Å². The van der Waals surface area contributed by atoms with E-state index in [4.69, 9.17) is 4.74 Å². The second kappa shape index (κ2) is 6.80. The van der Waals surface area contributed by atoms with Crippen molar-refractivity contribution in [2.24, 2.45) is 7.05 Å². The summed E-state index contributed by atoms with van der Waals surface area (Å²) in [5.74, 6) is 0.792. The summed E-state index contributed by atoms with van der Waals surface area (Å²) in [6.45, 7) is 6.52. The molecule has 0 radical (unpaired) electrons. The minimum atomic E-state index is -3.56. The van der Waals surface area contributed by atoms with Gasteiger partial charge in [0.2, 0.25) is 10.0 Å². The van der Waals surface area contributed by atoms with Crippen molar-refractivity contribution in [2.75, 3.05) is 6.61 Å². The topological polar surface area (TPSA) is 73.2 Å². The lowest BCUT2D eigenvalue weighted by Crippen LogP contribution is -2.34. The second-order valence-electron chi connectivity index (χ2n) is 6.72. The third kappa shape index (κ3) is 3.72. The van der Waals surface area contributed by atoms with E-state index in [-0.39, 0.29) is 6.04 Å². The molecule has 1 aliphatic rings. The molecule has 0 aliphatic carbocycles. The van der Waals surface area contributed by atoms with Gasteiger partial charge in [0.25, 0.3) is 0 Å². The van der Waals surface area contributed by atoms with Gasteiger partial charge >= 0.3 is 0 Å². The number of aromatic nitrogens is 2. The number of nitrogens with one attached hydrogen (secondary N) is 1. The maximum atomic E-state index is 12.7.